The number of fused-ring (bicyclic) bond motifs is 1. The summed E-state index contributed by atoms with van der Waals surface area (Å²) < 4.78 is 5.65. The van der Waals surface area contributed by atoms with Crippen molar-refractivity contribution in [3.8, 4) is 5.75 Å². The van der Waals surface area contributed by atoms with E-state index >= 15 is 0 Å². The number of halogens is 1. The highest BCUT2D eigenvalue weighted by atomic mass is 35.5. The van der Waals surface area contributed by atoms with Crippen LogP contribution in [0, 0.1) is 13.8 Å². The molecule has 3 aromatic rings. The number of nitrogens with zero attached hydrogens (tertiary/aromatic N) is 3. The Labute approximate surface area is 182 Å². The molecule has 1 aromatic heterocycles. The predicted molar refractivity (Wildman–Crippen MR) is 122 cm³/mol. The summed E-state index contributed by atoms with van der Waals surface area (Å²) in [7, 11) is 0. The van der Waals surface area contributed by atoms with E-state index in [2.05, 4.69) is 43.0 Å². The number of amides is 1. The zero-order valence-electron chi connectivity index (χ0n) is 17.4. The summed E-state index contributed by atoms with van der Waals surface area (Å²) in [6, 6.07) is 15.8. The Kier molecular flexibility index (Phi) is 6.09. The highest BCUT2D eigenvalue weighted by Gasteiger charge is 2.22. The van der Waals surface area contributed by atoms with Gasteiger partial charge in [0.1, 0.15) is 11.6 Å². The lowest BCUT2D eigenvalue weighted by Crippen LogP contribution is -2.49. The molecule has 0 bridgehead atoms. The minimum Gasteiger partial charge on any atom is -0.491 e. The van der Waals surface area contributed by atoms with E-state index in [0.717, 1.165) is 24.4 Å². The second-order valence-electron chi connectivity index (χ2n) is 7.67. The van der Waals surface area contributed by atoms with E-state index in [1.165, 1.54) is 16.5 Å². The molecule has 0 atom stereocenters. The van der Waals surface area contributed by atoms with Gasteiger partial charge in [-0.25, -0.2) is 4.98 Å². The van der Waals surface area contributed by atoms with Crippen molar-refractivity contribution in [2.24, 2.45) is 0 Å². The van der Waals surface area contributed by atoms with E-state index < -0.39 is 0 Å². The maximum absolute atomic E-state index is 12.6. The third kappa shape index (κ3) is 4.36. The number of ether oxygens (including phenoxy) is 1. The molecule has 1 aliphatic heterocycles. The van der Waals surface area contributed by atoms with Crippen molar-refractivity contribution in [2.75, 3.05) is 37.7 Å². The smallest absolute Gasteiger partial charge is 0.226 e. The Morgan fingerprint density at radius 2 is 1.80 bits per heavy atom. The van der Waals surface area contributed by atoms with Crippen LogP contribution in [0.3, 0.4) is 0 Å². The summed E-state index contributed by atoms with van der Waals surface area (Å²) in [5.41, 5.74) is 3.47. The molecule has 4 rings (SSSR count). The Bertz CT molecular complexity index is 1060. The first kappa shape index (κ1) is 20.5. The zero-order valence-corrected chi connectivity index (χ0v) is 18.2. The summed E-state index contributed by atoms with van der Waals surface area (Å²) in [5.74, 6) is 1.72. The van der Waals surface area contributed by atoms with E-state index in [9.17, 15) is 4.79 Å². The number of aryl methyl sites for hydroxylation is 2. The fourth-order valence-electron chi connectivity index (χ4n) is 3.86. The molecule has 1 fully saturated rings. The normalized spacial score (nSPS) is 14.2. The summed E-state index contributed by atoms with van der Waals surface area (Å²) in [5, 5.41) is 1.76. The fourth-order valence-corrected chi connectivity index (χ4v) is 4.05. The van der Waals surface area contributed by atoms with Gasteiger partial charge in [-0.3, -0.25) is 4.79 Å². The lowest BCUT2D eigenvalue weighted by molar-refractivity contribution is -0.132. The summed E-state index contributed by atoms with van der Waals surface area (Å²) >= 11 is 6.09. The minimum atomic E-state index is 0.111. The van der Waals surface area contributed by atoms with Gasteiger partial charge in [-0.15, -0.1) is 0 Å². The van der Waals surface area contributed by atoms with E-state index in [1.807, 2.05) is 23.1 Å². The first-order valence-corrected chi connectivity index (χ1v) is 10.7. The van der Waals surface area contributed by atoms with E-state index in [0.29, 0.717) is 36.9 Å². The van der Waals surface area contributed by atoms with Crippen LogP contribution in [0.25, 0.3) is 10.9 Å². The van der Waals surface area contributed by atoms with Gasteiger partial charge in [-0.1, -0.05) is 41.9 Å². The molecular weight excluding hydrogens is 398 g/mol. The second kappa shape index (κ2) is 8.92. The number of carbonyl (C=O) groups is 1. The molecule has 30 heavy (non-hydrogen) atoms. The number of anilines is 1. The molecule has 0 N–H and O–H groups in total. The molecule has 1 amide bonds. The zero-order chi connectivity index (χ0) is 21.1. The number of hydrogen-bond donors (Lipinski definition) is 0. The van der Waals surface area contributed by atoms with Crippen LogP contribution in [0.4, 0.5) is 5.82 Å². The van der Waals surface area contributed by atoms with Crippen LogP contribution >= 0.6 is 11.6 Å². The van der Waals surface area contributed by atoms with Crippen LogP contribution in [0.5, 0.6) is 5.75 Å². The van der Waals surface area contributed by atoms with Crippen LogP contribution in [0.1, 0.15) is 17.5 Å². The summed E-state index contributed by atoms with van der Waals surface area (Å²) in [6.45, 7) is 7.50. The van der Waals surface area contributed by atoms with Crippen LogP contribution < -0.4 is 9.64 Å². The Balaban J connectivity index is 1.33. The van der Waals surface area contributed by atoms with Gasteiger partial charge >= 0.3 is 0 Å². The lowest BCUT2D eigenvalue weighted by atomic mass is 10.1. The molecule has 0 spiro atoms. The van der Waals surface area contributed by atoms with Gasteiger partial charge in [-0.05, 0) is 43.2 Å². The molecule has 2 heterocycles. The molecule has 0 aliphatic carbocycles. The van der Waals surface area contributed by atoms with Gasteiger partial charge < -0.3 is 14.5 Å². The van der Waals surface area contributed by atoms with Crippen LogP contribution in [0.15, 0.2) is 48.5 Å². The number of aromatic nitrogens is 1. The number of benzene rings is 2. The molecule has 1 saturated heterocycles. The van der Waals surface area contributed by atoms with Crippen molar-refractivity contribution in [3.63, 3.8) is 0 Å². The number of carbonyl (C=O) groups excluding carboxylic acids is 1. The standard InChI is InChI=1S/C24H26ClN3O2/c1-17-6-5-7-19-18(2)16-22(26-24(17)19)27-11-13-28(14-12-27)23(29)10-15-30-21-9-4-3-8-20(21)25/h3-9,16H,10-15H2,1-2H3. The topological polar surface area (TPSA) is 45.7 Å². The highest BCUT2D eigenvalue weighted by molar-refractivity contribution is 6.32. The number of hydrogen-bond acceptors (Lipinski definition) is 4. The average Bonchev–Trinajstić information content (AvgIpc) is 2.76. The SMILES string of the molecule is Cc1cc(N2CCN(C(=O)CCOc3ccccc3Cl)CC2)nc2c(C)cccc12. The maximum atomic E-state index is 12.6. The van der Waals surface area contributed by atoms with Crippen molar-refractivity contribution in [1.29, 1.82) is 0 Å². The first-order chi connectivity index (χ1) is 14.5. The molecule has 0 unspecified atom stereocenters. The summed E-state index contributed by atoms with van der Waals surface area (Å²) in [4.78, 5) is 21.7. The quantitative estimate of drug-likeness (QED) is 0.600. The van der Waals surface area contributed by atoms with Crippen molar-refractivity contribution in [2.45, 2.75) is 20.3 Å². The third-order valence-corrected chi connectivity index (χ3v) is 5.91. The van der Waals surface area contributed by atoms with Crippen LogP contribution in [0.2, 0.25) is 5.02 Å². The minimum absolute atomic E-state index is 0.111. The Hall–Kier alpha value is -2.79. The highest BCUT2D eigenvalue weighted by Crippen LogP contribution is 2.26. The van der Waals surface area contributed by atoms with Crippen molar-refractivity contribution in [1.82, 2.24) is 9.88 Å². The first-order valence-electron chi connectivity index (χ1n) is 10.3. The van der Waals surface area contributed by atoms with Gasteiger partial charge in [0, 0.05) is 31.6 Å². The van der Waals surface area contributed by atoms with Crippen molar-refractivity contribution >= 4 is 34.2 Å². The number of piperazine rings is 1. The van der Waals surface area contributed by atoms with Gasteiger partial charge in [0.05, 0.1) is 23.6 Å². The third-order valence-electron chi connectivity index (χ3n) is 5.60. The number of para-hydroxylation sites is 2. The molecule has 0 saturated carbocycles. The maximum Gasteiger partial charge on any atom is 0.226 e. The predicted octanol–water partition coefficient (Wildman–Crippen LogP) is 4.62. The van der Waals surface area contributed by atoms with Crippen LogP contribution in [-0.2, 0) is 4.79 Å². The number of rotatable bonds is 5. The molecule has 6 heteroatoms. The van der Waals surface area contributed by atoms with Gasteiger partial charge in [0.2, 0.25) is 5.91 Å². The van der Waals surface area contributed by atoms with Gasteiger partial charge in [0.15, 0.2) is 0 Å². The largest absolute Gasteiger partial charge is 0.491 e. The molecule has 156 valence electrons. The van der Waals surface area contributed by atoms with Gasteiger partial charge in [0.25, 0.3) is 0 Å². The Morgan fingerprint density at radius 3 is 2.57 bits per heavy atom. The molecular formula is C24H26ClN3O2. The van der Waals surface area contributed by atoms with Crippen molar-refractivity contribution in [3.05, 3.63) is 64.7 Å². The molecule has 1 aliphatic rings. The van der Waals surface area contributed by atoms with Crippen molar-refractivity contribution < 1.29 is 9.53 Å². The fraction of sp³-hybridized carbons (Fsp3) is 0.333. The molecule has 5 nitrogen and oxygen atoms in total. The lowest BCUT2D eigenvalue weighted by Gasteiger charge is -2.35. The summed E-state index contributed by atoms with van der Waals surface area (Å²) in [6.07, 6.45) is 0.345. The van der Waals surface area contributed by atoms with Gasteiger partial charge in [-0.2, -0.15) is 0 Å². The average molecular weight is 424 g/mol. The monoisotopic (exact) mass is 423 g/mol. The van der Waals surface area contributed by atoms with E-state index in [-0.39, 0.29) is 5.91 Å². The molecule has 2 aromatic carbocycles. The Morgan fingerprint density at radius 1 is 1.03 bits per heavy atom. The molecule has 0 radical (unpaired) electrons. The van der Waals surface area contributed by atoms with E-state index in [1.54, 1.807) is 6.07 Å². The van der Waals surface area contributed by atoms with Crippen LogP contribution in [-0.4, -0.2) is 48.6 Å². The second-order valence-corrected chi connectivity index (χ2v) is 8.07. The number of pyridine rings is 1. The van der Waals surface area contributed by atoms with E-state index in [4.69, 9.17) is 21.3 Å².